The highest BCUT2D eigenvalue weighted by Gasteiger charge is 2.20. The van der Waals surface area contributed by atoms with E-state index >= 15 is 0 Å². The molecule has 1 amide bonds. The Bertz CT molecular complexity index is 500. The molecule has 1 aromatic rings. The molecule has 2 rings (SSSR count). The van der Waals surface area contributed by atoms with E-state index in [2.05, 4.69) is 10.2 Å². The van der Waals surface area contributed by atoms with Gasteiger partial charge in [-0.1, -0.05) is 30.8 Å². The molecule has 0 heterocycles. The quantitative estimate of drug-likeness (QED) is 0.787. The number of thiocarbonyl (C=S) groups is 1. The number of anilines is 1. The zero-order chi connectivity index (χ0) is 14.5. The second-order valence-electron chi connectivity index (χ2n) is 5.45. The van der Waals surface area contributed by atoms with E-state index in [0.29, 0.717) is 22.8 Å². The monoisotopic (exact) mass is 291 g/mol. The van der Waals surface area contributed by atoms with Crippen LogP contribution < -0.4 is 11.1 Å². The van der Waals surface area contributed by atoms with E-state index in [0.717, 1.165) is 12.5 Å². The van der Waals surface area contributed by atoms with Crippen molar-refractivity contribution >= 4 is 28.8 Å². The normalized spacial score (nSPS) is 14.9. The average Bonchev–Trinajstić information content (AvgIpc) is 2.34. The summed E-state index contributed by atoms with van der Waals surface area (Å²) in [6.45, 7) is 1.38. The van der Waals surface area contributed by atoms with Crippen LogP contribution >= 0.6 is 12.2 Å². The Morgan fingerprint density at radius 1 is 1.45 bits per heavy atom. The van der Waals surface area contributed by atoms with Crippen molar-refractivity contribution in [3.8, 4) is 0 Å². The van der Waals surface area contributed by atoms with Crippen molar-refractivity contribution in [2.24, 2.45) is 11.7 Å². The van der Waals surface area contributed by atoms with Gasteiger partial charge in [0.25, 0.3) is 0 Å². The first-order valence-corrected chi connectivity index (χ1v) is 7.34. The molecule has 0 radical (unpaired) electrons. The van der Waals surface area contributed by atoms with Crippen molar-refractivity contribution in [3.63, 3.8) is 0 Å². The zero-order valence-electron chi connectivity index (χ0n) is 11.8. The highest BCUT2D eigenvalue weighted by molar-refractivity contribution is 7.80. The van der Waals surface area contributed by atoms with Crippen molar-refractivity contribution < 1.29 is 4.79 Å². The van der Waals surface area contributed by atoms with Crippen molar-refractivity contribution in [2.75, 3.05) is 25.5 Å². The maximum absolute atomic E-state index is 12.0. The first kappa shape index (κ1) is 14.9. The van der Waals surface area contributed by atoms with E-state index in [9.17, 15) is 4.79 Å². The minimum atomic E-state index is -0.0319. The molecule has 1 fully saturated rings. The molecule has 108 valence electrons. The third kappa shape index (κ3) is 4.02. The van der Waals surface area contributed by atoms with Gasteiger partial charge in [-0.15, -0.1) is 0 Å². The molecule has 20 heavy (non-hydrogen) atoms. The van der Waals surface area contributed by atoms with Crippen LogP contribution in [0.3, 0.4) is 0 Å². The summed E-state index contributed by atoms with van der Waals surface area (Å²) in [6.07, 6.45) is 3.90. The minimum Gasteiger partial charge on any atom is -0.389 e. The van der Waals surface area contributed by atoms with Gasteiger partial charge in [0.15, 0.2) is 0 Å². The van der Waals surface area contributed by atoms with Crippen LogP contribution in [0.15, 0.2) is 24.3 Å². The van der Waals surface area contributed by atoms with E-state index in [-0.39, 0.29) is 5.91 Å². The SMILES string of the molecule is CN(CC(=O)Nc1ccccc1C(N)=S)CC1CCC1. The molecule has 0 aromatic heterocycles. The van der Waals surface area contributed by atoms with Gasteiger partial charge in [0, 0.05) is 12.1 Å². The van der Waals surface area contributed by atoms with Gasteiger partial charge >= 0.3 is 0 Å². The van der Waals surface area contributed by atoms with Crippen LogP contribution in [0.25, 0.3) is 0 Å². The number of benzene rings is 1. The molecule has 1 aromatic carbocycles. The lowest BCUT2D eigenvalue weighted by Crippen LogP contribution is -2.35. The van der Waals surface area contributed by atoms with Gasteiger partial charge in [0.05, 0.1) is 12.2 Å². The van der Waals surface area contributed by atoms with Crippen LogP contribution in [-0.4, -0.2) is 35.9 Å². The van der Waals surface area contributed by atoms with E-state index in [4.69, 9.17) is 18.0 Å². The highest BCUT2D eigenvalue weighted by Crippen LogP contribution is 2.26. The van der Waals surface area contributed by atoms with Crippen LogP contribution in [0.2, 0.25) is 0 Å². The molecule has 0 bridgehead atoms. The first-order valence-electron chi connectivity index (χ1n) is 6.93. The molecular formula is C15H21N3OS. The highest BCUT2D eigenvalue weighted by atomic mass is 32.1. The topological polar surface area (TPSA) is 58.4 Å². The third-order valence-electron chi connectivity index (χ3n) is 3.67. The Morgan fingerprint density at radius 3 is 2.75 bits per heavy atom. The van der Waals surface area contributed by atoms with E-state index < -0.39 is 0 Å². The van der Waals surface area contributed by atoms with Crippen LogP contribution in [0.1, 0.15) is 24.8 Å². The fraction of sp³-hybridized carbons (Fsp3) is 0.467. The average molecular weight is 291 g/mol. The molecule has 5 heteroatoms. The summed E-state index contributed by atoms with van der Waals surface area (Å²) in [5.74, 6) is 0.729. The maximum Gasteiger partial charge on any atom is 0.238 e. The summed E-state index contributed by atoms with van der Waals surface area (Å²) in [5, 5.41) is 2.88. The minimum absolute atomic E-state index is 0.0319. The molecule has 1 aliphatic rings. The van der Waals surface area contributed by atoms with Gasteiger partial charge in [-0.05, 0) is 37.9 Å². The van der Waals surface area contributed by atoms with Gasteiger partial charge in [0.1, 0.15) is 4.99 Å². The van der Waals surface area contributed by atoms with Crippen LogP contribution in [-0.2, 0) is 4.79 Å². The van der Waals surface area contributed by atoms with Crippen molar-refractivity contribution in [1.29, 1.82) is 0 Å². The van der Waals surface area contributed by atoms with E-state index in [1.807, 2.05) is 31.3 Å². The zero-order valence-corrected chi connectivity index (χ0v) is 12.6. The van der Waals surface area contributed by atoms with E-state index in [1.165, 1.54) is 19.3 Å². The van der Waals surface area contributed by atoms with Crippen LogP contribution in [0, 0.1) is 5.92 Å². The molecule has 0 spiro atoms. The number of carbonyl (C=O) groups excluding carboxylic acids is 1. The number of carbonyl (C=O) groups is 1. The number of para-hydroxylation sites is 1. The Kier molecular flexibility index (Phi) is 5.09. The predicted molar refractivity (Wildman–Crippen MR) is 85.8 cm³/mol. The fourth-order valence-corrected chi connectivity index (χ4v) is 2.60. The molecule has 3 N–H and O–H groups in total. The first-order chi connectivity index (χ1) is 9.56. The molecule has 0 atom stereocenters. The molecule has 4 nitrogen and oxygen atoms in total. The van der Waals surface area contributed by atoms with Gasteiger partial charge in [-0.2, -0.15) is 0 Å². The lowest BCUT2D eigenvalue weighted by molar-refractivity contribution is -0.117. The standard InChI is InChI=1S/C15H21N3OS/c1-18(9-11-5-4-6-11)10-14(19)17-13-8-3-2-7-12(13)15(16)20/h2-3,7-8,11H,4-6,9-10H2,1H3,(H2,16,20)(H,17,19). The number of amides is 1. The van der Waals surface area contributed by atoms with Crippen molar-refractivity contribution in [2.45, 2.75) is 19.3 Å². The molecule has 0 aliphatic heterocycles. The number of nitrogens with two attached hydrogens (primary N) is 1. The molecule has 0 unspecified atom stereocenters. The van der Waals surface area contributed by atoms with E-state index in [1.54, 1.807) is 0 Å². The van der Waals surface area contributed by atoms with Crippen LogP contribution in [0.4, 0.5) is 5.69 Å². The summed E-state index contributed by atoms with van der Waals surface area (Å²) in [7, 11) is 1.98. The van der Waals surface area contributed by atoms with Gasteiger partial charge in [-0.3, -0.25) is 9.69 Å². The summed E-state index contributed by atoms with van der Waals surface area (Å²) in [4.78, 5) is 14.4. The number of hydrogen-bond acceptors (Lipinski definition) is 3. The molecule has 0 saturated heterocycles. The summed E-state index contributed by atoms with van der Waals surface area (Å²) in [6, 6.07) is 7.34. The third-order valence-corrected chi connectivity index (χ3v) is 3.89. The fourth-order valence-electron chi connectivity index (χ4n) is 2.42. The Labute approximate surface area is 125 Å². The van der Waals surface area contributed by atoms with Crippen molar-refractivity contribution in [3.05, 3.63) is 29.8 Å². The molecule has 1 saturated carbocycles. The lowest BCUT2D eigenvalue weighted by atomic mass is 9.85. The summed E-state index contributed by atoms with van der Waals surface area (Å²) >= 11 is 4.99. The molecule has 1 aliphatic carbocycles. The largest absolute Gasteiger partial charge is 0.389 e. The Balaban J connectivity index is 1.89. The Morgan fingerprint density at radius 2 is 2.15 bits per heavy atom. The van der Waals surface area contributed by atoms with Gasteiger partial charge < -0.3 is 11.1 Å². The predicted octanol–water partition coefficient (Wildman–Crippen LogP) is 1.99. The number of rotatable bonds is 6. The second kappa shape index (κ2) is 6.81. The molecular weight excluding hydrogens is 270 g/mol. The maximum atomic E-state index is 12.0. The van der Waals surface area contributed by atoms with Gasteiger partial charge in [-0.25, -0.2) is 0 Å². The summed E-state index contributed by atoms with van der Waals surface area (Å²) in [5.41, 5.74) is 7.04. The van der Waals surface area contributed by atoms with Crippen LogP contribution in [0.5, 0.6) is 0 Å². The number of nitrogens with one attached hydrogen (secondary N) is 1. The summed E-state index contributed by atoms with van der Waals surface area (Å²) < 4.78 is 0. The second-order valence-corrected chi connectivity index (χ2v) is 5.89. The number of hydrogen-bond donors (Lipinski definition) is 2. The number of nitrogens with zero attached hydrogens (tertiary/aromatic N) is 1. The van der Waals surface area contributed by atoms with Gasteiger partial charge in [0.2, 0.25) is 5.91 Å². The van der Waals surface area contributed by atoms with Crippen molar-refractivity contribution in [1.82, 2.24) is 4.90 Å². The Hall–Kier alpha value is -1.46. The lowest BCUT2D eigenvalue weighted by Gasteiger charge is -2.29. The smallest absolute Gasteiger partial charge is 0.238 e. The number of likely N-dealkylation sites (N-methyl/N-ethyl adjacent to an activating group) is 1.